The molecule has 168 valence electrons. The number of amides is 2. The van der Waals surface area contributed by atoms with Crippen molar-refractivity contribution in [3.63, 3.8) is 0 Å². The first-order valence-electron chi connectivity index (χ1n) is 10.3. The molecule has 0 radical (unpaired) electrons. The fourth-order valence-electron chi connectivity index (χ4n) is 3.65. The van der Waals surface area contributed by atoms with Crippen LogP contribution in [0.4, 0.5) is 11.4 Å². The summed E-state index contributed by atoms with van der Waals surface area (Å²) in [4.78, 5) is 25.3. The van der Waals surface area contributed by atoms with Crippen LogP contribution >= 0.6 is 11.6 Å². The van der Waals surface area contributed by atoms with Gasteiger partial charge in [0, 0.05) is 36.6 Å². The number of hydrogen-bond donors (Lipinski definition) is 1. The summed E-state index contributed by atoms with van der Waals surface area (Å²) in [6, 6.07) is 11.3. The molecule has 0 aromatic heterocycles. The average molecular weight is 475 g/mol. The Labute approximate surface area is 191 Å². The molecule has 1 N–H and O–H groups in total. The standard InChI is InChI=1S/C22H23ClN4O4S/c1-15-7-8-17(14-19(15)23)27-21(28)10-9-20(25-27)22(29)24-16-5-4-6-18(13-16)32(30,31)26-11-2-3-12-26/h4-8,13-14H,2-3,9-12H2,1H3,(H,24,29). The normalized spacial score (nSPS) is 17.4. The molecular formula is C22H23ClN4O4S. The van der Waals surface area contributed by atoms with Gasteiger partial charge in [-0.2, -0.15) is 9.41 Å². The van der Waals surface area contributed by atoms with Crippen LogP contribution in [0.25, 0.3) is 0 Å². The Hall–Kier alpha value is -2.75. The molecule has 2 aromatic carbocycles. The number of carbonyl (C=O) groups is 2. The SMILES string of the molecule is Cc1ccc(N2N=C(C(=O)Nc3cccc(S(=O)(=O)N4CCCC4)c3)CCC2=O)cc1Cl. The predicted molar refractivity (Wildman–Crippen MR) is 123 cm³/mol. The van der Waals surface area contributed by atoms with Gasteiger partial charge in [0.2, 0.25) is 15.9 Å². The van der Waals surface area contributed by atoms with E-state index in [0.29, 0.717) is 29.5 Å². The van der Waals surface area contributed by atoms with Crippen molar-refractivity contribution in [3.05, 3.63) is 53.1 Å². The van der Waals surface area contributed by atoms with Gasteiger partial charge >= 0.3 is 0 Å². The highest BCUT2D eigenvalue weighted by Crippen LogP contribution is 2.27. The second-order valence-corrected chi connectivity index (χ2v) is 10.1. The van der Waals surface area contributed by atoms with Gasteiger partial charge in [-0.05, 0) is 55.7 Å². The van der Waals surface area contributed by atoms with Crippen LogP contribution in [-0.2, 0) is 19.6 Å². The smallest absolute Gasteiger partial charge is 0.271 e. The lowest BCUT2D eigenvalue weighted by Crippen LogP contribution is -2.36. The van der Waals surface area contributed by atoms with Gasteiger partial charge < -0.3 is 5.32 Å². The van der Waals surface area contributed by atoms with Gasteiger partial charge in [-0.15, -0.1) is 0 Å². The number of carbonyl (C=O) groups excluding carboxylic acids is 2. The quantitative estimate of drug-likeness (QED) is 0.716. The fraction of sp³-hybridized carbons (Fsp3) is 0.318. The molecule has 2 aliphatic heterocycles. The molecule has 1 fully saturated rings. The Morgan fingerprint density at radius 2 is 1.84 bits per heavy atom. The number of halogens is 1. The fourth-order valence-corrected chi connectivity index (χ4v) is 5.39. The number of anilines is 2. The van der Waals surface area contributed by atoms with Crippen LogP contribution < -0.4 is 10.3 Å². The number of rotatable bonds is 5. The first-order chi connectivity index (χ1) is 15.3. The Morgan fingerprint density at radius 3 is 2.56 bits per heavy atom. The van der Waals surface area contributed by atoms with Gasteiger partial charge in [0.25, 0.3) is 5.91 Å². The van der Waals surface area contributed by atoms with Crippen molar-refractivity contribution in [2.24, 2.45) is 5.10 Å². The number of nitrogens with zero attached hydrogens (tertiary/aromatic N) is 3. The third-order valence-electron chi connectivity index (χ3n) is 5.49. The molecular weight excluding hydrogens is 452 g/mol. The van der Waals surface area contributed by atoms with E-state index in [0.717, 1.165) is 18.4 Å². The highest BCUT2D eigenvalue weighted by Gasteiger charge is 2.28. The van der Waals surface area contributed by atoms with E-state index in [9.17, 15) is 18.0 Å². The van der Waals surface area contributed by atoms with Crippen LogP contribution in [0.1, 0.15) is 31.2 Å². The van der Waals surface area contributed by atoms with Crippen LogP contribution in [-0.4, -0.2) is 43.3 Å². The maximum Gasteiger partial charge on any atom is 0.271 e. The van der Waals surface area contributed by atoms with Crippen molar-refractivity contribution in [3.8, 4) is 0 Å². The molecule has 2 aromatic rings. The summed E-state index contributed by atoms with van der Waals surface area (Å²) >= 11 is 6.17. The van der Waals surface area contributed by atoms with Crippen LogP contribution in [0.15, 0.2) is 52.5 Å². The number of sulfonamides is 1. The summed E-state index contributed by atoms with van der Waals surface area (Å²) < 4.78 is 27.0. The van der Waals surface area contributed by atoms with Crippen LogP contribution in [0.2, 0.25) is 5.02 Å². The second-order valence-electron chi connectivity index (χ2n) is 7.78. The molecule has 0 saturated carbocycles. The summed E-state index contributed by atoms with van der Waals surface area (Å²) in [5.41, 5.74) is 1.87. The lowest BCUT2D eigenvalue weighted by molar-refractivity contribution is -0.118. The molecule has 2 heterocycles. The first kappa shape index (κ1) is 22.4. The van der Waals surface area contributed by atoms with E-state index in [4.69, 9.17) is 11.6 Å². The summed E-state index contributed by atoms with van der Waals surface area (Å²) in [5, 5.41) is 8.62. The van der Waals surface area contributed by atoms with Gasteiger partial charge in [-0.3, -0.25) is 9.59 Å². The number of benzene rings is 2. The van der Waals surface area contributed by atoms with Gasteiger partial charge in [0.15, 0.2) is 0 Å². The Morgan fingerprint density at radius 1 is 1.09 bits per heavy atom. The minimum atomic E-state index is -3.60. The zero-order valence-electron chi connectivity index (χ0n) is 17.5. The molecule has 8 nitrogen and oxygen atoms in total. The molecule has 0 bridgehead atoms. The van der Waals surface area contributed by atoms with Crippen LogP contribution in [0.5, 0.6) is 0 Å². The third kappa shape index (κ3) is 4.55. The van der Waals surface area contributed by atoms with Crippen molar-refractivity contribution in [1.29, 1.82) is 0 Å². The second kappa shape index (κ2) is 9.01. The molecule has 10 heteroatoms. The van der Waals surface area contributed by atoms with Crippen molar-refractivity contribution in [1.82, 2.24) is 4.31 Å². The number of hydrazone groups is 1. The Balaban J connectivity index is 1.54. The maximum absolute atomic E-state index is 12.8. The van der Waals surface area contributed by atoms with Crippen molar-refractivity contribution in [2.75, 3.05) is 23.4 Å². The molecule has 32 heavy (non-hydrogen) atoms. The highest BCUT2D eigenvalue weighted by atomic mass is 35.5. The molecule has 1 saturated heterocycles. The maximum atomic E-state index is 12.8. The van der Waals surface area contributed by atoms with E-state index in [-0.39, 0.29) is 29.4 Å². The van der Waals surface area contributed by atoms with E-state index >= 15 is 0 Å². The van der Waals surface area contributed by atoms with Crippen molar-refractivity contribution < 1.29 is 18.0 Å². The summed E-state index contributed by atoms with van der Waals surface area (Å²) in [6.07, 6.45) is 2.00. The van der Waals surface area contributed by atoms with Gasteiger partial charge in [0.05, 0.1) is 10.6 Å². The van der Waals surface area contributed by atoms with E-state index in [1.165, 1.54) is 21.4 Å². The van der Waals surface area contributed by atoms with E-state index in [2.05, 4.69) is 10.4 Å². The van der Waals surface area contributed by atoms with Crippen LogP contribution in [0, 0.1) is 6.92 Å². The predicted octanol–water partition coefficient (Wildman–Crippen LogP) is 3.55. The zero-order valence-corrected chi connectivity index (χ0v) is 19.1. The van der Waals surface area contributed by atoms with Gasteiger partial charge in [0.1, 0.15) is 5.71 Å². The monoisotopic (exact) mass is 474 g/mol. The summed E-state index contributed by atoms with van der Waals surface area (Å²) in [6.45, 7) is 2.86. The Bertz CT molecular complexity index is 1210. The van der Waals surface area contributed by atoms with Crippen molar-refractivity contribution in [2.45, 2.75) is 37.5 Å². The minimum Gasteiger partial charge on any atom is -0.321 e. The topological polar surface area (TPSA) is 99.2 Å². The minimum absolute atomic E-state index is 0.126. The number of aryl methyl sites for hydroxylation is 1. The molecule has 2 aliphatic rings. The lowest BCUT2D eigenvalue weighted by Gasteiger charge is -2.23. The van der Waals surface area contributed by atoms with E-state index in [1.54, 1.807) is 30.3 Å². The molecule has 2 amide bonds. The molecule has 0 aliphatic carbocycles. The number of hydrogen-bond acceptors (Lipinski definition) is 5. The molecule has 0 spiro atoms. The summed E-state index contributed by atoms with van der Waals surface area (Å²) in [7, 11) is -3.60. The first-order valence-corrected chi connectivity index (χ1v) is 12.2. The molecule has 0 unspecified atom stereocenters. The van der Waals surface area contributed by atoms with Crippen LogP contribution in [0.3, 0.4) is 0 Å². The molecule has 4 rings (SSSR count). The zero-order chi connectivity index (χ0) is 22.9. The highest BCUT2D eigenvalue weighted by molar-refractivity contribution is 7.89. The van der Waals surface area contributed by atoms with E-state index < -0.39 is 15.9 Å². The summed E-state index contributed by atoms with van der Waals surface area (Å²) in [5.74, 6) is -0.725. The Kier molecular flexibility index (Phi) is 6.32. The van der Waals surface area contributed by atoms with E-state index in [1.807, 2.05) is 6.92 Å². The van der Waals surface area contributed by atoms with Gasteiger partial charge in [-0.1, -0.05) is 23.7 Å². The molecule has 0 atom stereocenters. The largest absolute Gasteiger partial charge is 0.321 e. The number of nitrogens with one attached hydrogen (secondary N) is 1. The van der Waals surface area contributed by atoms with Crippen molar-refractivity contribution >= 4 is 50.5 Å². The average Bonchev–Trinajstić information content (AvgIpc) is 3.32. The van der Waals surface area contributed by atoms with Gasteiger partial charge in [-0.25, -0.2) is 13.4 Å². The third-order valence-corrected chi connectivity index (χ3v) is 7.79. The lowest BCUT2D eigenvalue weighted by atomic mass is 10.1.